The molecule has 176 valence electrons. The molecule has 0 aliphatic rings. The van der Waals surface area contributed by atoms with Crippen LogP contribution in [0.1, 0.15) is 0 Å². The molecule has 0 unspecified atom stereocenters. The van der Waals surface area contributed by atoms with Crippen LogP contribution in [0.15, 0.2) is 66.7 Å². The summed E-state index contributed by atoms with van der Waals surface area (Å²) >= 11 is 19.2. The number of halogens is 7. The molecular weight excluding hydrogens is 519 g/mol. The average molecular weight is 532 g/mol. The summed E-state index contributed by atoms with van der Waals surface area (Å²) < 4.78 is 60.3. The van der Waals surface area contributed by atoms with Gasteiger partial charge in [0.05, 0.1) is 21.4 Å². The predicted molar refractivity (Wildman–Crippen MR) is 123 cm³/mol. The average Bonchev–Trinajstić information content (AvgIpc) is 3.11. The van der Waals surface area contributed by atoms with Crippen LogP contribution in [-0.2, 0) is 0 Å². The number of nitrogens with zero attached hydrogens (tertiary/aromatic N) is 2. The van der Waals surface area contributed by atoms with Gasteiger partial charge in [0.1, 0.15) is 17.2 Å². The number of aromatic nitrogens is 2. The van der Waals surface area contributed by atoms with Gasteiger partial charge in [0.25, 0.3) is 0 Å². The lowest BCUT2D eigenvalue weighted by molar-refractivity contribution is -0.0505. The van der Waals surface area contributed by atoms with Crippen LogP contribution in [0.3, 0.4) is 0 Å². The van der Waals surface area contributed by atoms with Crippen molar-refractivity contribution in [2.75, 3.05) is 0 Å². The van der Waals surface area contributed by atoms with Gasteiger partial charge in [-0.3, -0.25) is 0 Å². The second-order valence-electron chi connectivity index (χ2n) is 6.82. The first-order chi connectivity index (χ1) is 16.2. The quantitative estimate of drug-likeness (QED) is 0.225. The molecule has 0 aliphatic heterocycles. The Hall–Kier alpha value is -2.94. The largest absolute Gasteiger partial charge is 0.435 e. The van der Waals surface area contributed by atoms with Crippen molar-refractivity contribution in [3.63, 3.8) is 0 Å². The minimum Gasteiger partial charge on any atom is -0.435 e. The normalized spacial score (nSPS) is 11.3. The lowest BCUT2D eigenvalue weighted by Gasteiger charge is -2.11. The van der Waals surface area contributed by atoms with Crippen LogP contribution in [0.25, 0.3) is 28.2 Å². The van der Waals surface area contributed by atoms with E-state index in [0.717, 1.165) is 0 Å². The number of benzene rings is 3. The summed E-state index contributed by atoms with van der Waals surface area (Å²) in [4.78, 5) is 0. The molecule has 0 spiro atoms. The molecule has 0 radical (unpaired) electrons. The summed E-state index contributed by atoms with van der Waals surface area (Å²) in [5.74, 6) is -0.0507. The lowest BCUT2D eigenvalue weighted by Crippen LogP contribution is -2.02. The molecule has 3 aromatic carbocycles. The molecule has 11 heteroatoms. The van der Waals surface area contributed by atoms with Crippen molar-refractivity contribution in [1.82, 2.24) is 9.78 Å². The van der Waals surface area contributed by atoms with Gasteiger partial charge in [-0.15, -0.1) is 0 Å². The molecule has 1 heterocycles. The fraction of sp³-hybridized carbons (Fsp3) is 0.0870. The van der Waals surface area contributed by atoms with Gasteiger partial charge in [-0.05, 0) is 66.7 Å². The van der Waals surface area contributed by atoms with Crippen molar-refractivity contribution >= 4 is 34.8 Å². The topological polar surface area (TPSA) is 36.3 Å². The minimum atomic E-state index is -2.96. The molecule has 0 aliphatic carbocycles. The summed E-state index contributed by atoms with van der Waals surface area (Å²) in [7, 11) is 0. The molecule has 0 atom stereocenters. The Kier molecular flexibility index (Phi) is 7.21. The van der Waals surface area contributed by atoms with Crippen LogP contribution in [-0.4, -0.2) is 23.0 Å². The first-order valence-corrected chi connectivity index (χ1v) is 10.7. The van der Waals surface area contributed by atoms with E-state index in [1.54, 1.807) is 24.3 Å². The van der Waals surface area contributed by atoms with Crippen molar-refractivity contribution in [2.24, 2.45) is 0 Å². The highest BCUT2D eigenvalue weighted by Gasteiger charge is 2.22. The lowest BCUT2D eigenvalue weighted by atomic mass is 10.1. The molecule has 4 rings (SSSR count). The zero-order valence-electron chi connectivity index (χ0n) is 16.9. The Morgan fingerprint density at radius 1 is 0.706 bits per heavy atom. The van der Waals surface area contributed by atoms with Gasteiger partial charge >= 0.3 is 13.2 Å². The zero-order chi connectivity index (χ0) is 24.4. The number of alkyl halides is 4. The van der Waals surface area contributed by atoms with E-state index in [1.165, 1.54) is 47.1 Å². The van der Waals surface area contributed by atoms with E-state index in [4.69, 9.17) is 34.8 Å². The van der Waals surface area contributed by atoms with Crippen LogP contribution in [0, 0.1) is 0 Å². The number of hydrogen-bond acceptors (Lipinski definition) is 3. The Labute approximate surface area is 206 Å². The summed E-state index contributed by atoms with van der Waals surface area (Å²) in [6.45, 7) is -5.92. The van der Waals surface area contributed by atoms with Crippen molar-refractivity contribution in [1.29, 1.82) is 0 Å². The monoisotopic (exact) mass is 530 g/mol. The van der Waals surface area contributed by atoms with Crippen molar-refractivity contribution < 1.29 is 27.0 Å². The van der Waals surface area contributed by atoms with Crippen LogP contribution in [0.4, 0.5) is 17.6 Å². The van der Waals surface area contributed by atoms with Gasteiger partial charge in [0, 0.05) is 16.1 Å². The molecule has 34 heavy (non-hydrogen) atoms. The van der Waals surface area contributed by atoms with E-state index in [1.807, 2.05) is 0 Å². The molecule has 0 N–H and O–H groups in total. The summed E-state index contributed by atoms with van der Waals surface area (Å²) in [6.07, 6.45) is 0. The maximum absolute atomic E-state index is 12.5. The highest BCUT2D eigenvalue weighted by atomic mass is 35.5. The Morgan fingerprint density at radius 2 is 1.24 bits per heavy atom. The standard InChI is InChI=1S/C23H13Cl3F4N2O2/c24-14-5-10-18(17(25)11-14)32-21(13-3-8-16(9-4-13)34-23(29)30)19(26)20(31-32)12-1-6-15(7-2-12)33-22(27)28/h1-11,22-23H. The molecule has 1 aromatic heterocycles. The van der Waals surface area contributed by atoms with E-state index in [-0.39, 0.29) is 21.5 Å². The van der Waals surface area contributed by atoms with Crippen molar-refractivity contribution in [3.05, 3.63) is 81.8 Å². The fourth-order valence-corrected chi connectivity index (χ4v) is 4.07. The second-order valence-corrected chi connectivity index (χ2v) is 8.05. The molecule has 4 nitrogen and oxygen atoms in total. The molecule has 0 bridgehead atoms. The van der Waals surface area contributed by atoms with E-state index in [2.05, 4.69) is 14.6 Å². The maximum Gasteiger partial charge on any atom is 0.387 e. The molecule has 0 fully saturated rings. The molecule has 0 amide bonds. The van der Waals surface area contributed by atoms with Crippen LogP contribution < -0.4 is 9.47 Å². The summed E-state index contributed by atoms with van der Waals surface area (Å²) in [5, 5.41) is 5.52. The highest BCUT2D eigenvalue weighted by Crippen LogP contribution is 2.40. The Balaban J connectivity index is 1.84. The van der Waals surface area contributed by atoms with Gasteiger partial charge in [-0.1, -0.05) is 34.8 Å². The van der Waals surface area contributed by atoms with Gasteiger partial charge < -0.3 is 9.47 Å². The van der Waals surface area contributed by atoms with E-state index >= 15 is 0 Å². The number of hydrogen-bond donors (Lipinski definition) is 0. The fourth-order valence-electron chi connectivity index (χ4n) is 3.25. The maximum atomic E-state index is 12.5. The SMILES string of the molecule is FC(F)Oc1ccc(-c2nn(-c3ccc(Cl)cc3Cl)c(-c3ccc(OC(F)F)cc3)c2Cl)cc1. The smallest absolute Gasteiger partial charge is 0.387 e. The highest BCUT2D eigenvalue weighted by molar-refractivity contribution is 6.37. The minimum absolute atomic E-state index is 0.0232. The summed E-state index contributed by atoms with van der Waals surface area (Å²) in [6, 6.07) is 16.4. The van der Waals surface area contributed by atoms with Crippen LogP contribution in [0.5, 0.6) is 11.5 Å². The van der Waals surface area contributed by atoms with E-state index < -0.39 is 13.2 Å². The van der Waals surface area contributed by atoms with Gasteiger partial charge in [0.15, 0.2) is 0 Å². The van der Waals surface area contributed by atoms with Gasteiger partial charge in [-0.2, -0.15) is 22.7 Å². The predicted octanol–water partition coefficient (Wildman–Crippen LogP) is 8.37. The van der Waals surface area contributed by atoms with Gasteiger partial charge in [0.2, 0.25) is 0 Å². The second kappa shape index (κ2) is 10.1. The molecule has 4 aromatic rings. The Bertz CT molecular complexity index is 1300. The Morgan fingerprint density at radius 3 is 1.74 bits per heavy atom. The van der Waals surface area contributed by atoms with Crippen molar-refractivity contribution in [2.45, 2.75) is 13.2 Å². The summed E-state index contributed by atoms with van der Waals surface area (Å²) in [5.41, 5.74) is 2.26. The third kappa shape index (κ3) is 5.24. The molecular formula is C23H13Cl3F4N2O2. The first-order valence-electron chi connectivity index (χ1n) is 9.57. The molecule has 0 saturated heterocycles. The van der Waals surface area contributed by atoms with Crippen LogP contribution in [0.2, 0.25) is 15.1 Å². The first kappa shape index (κ1) is 24.2. The number of rotatable bonds is 7. The van der Waals surface area contributed by atoms with Gasteiger partial charge in [-0.25, -0.2) is 4.68 Å². The third-order valence-corrected chi connectivity index (χ3v) is 5.57. The van der Waals surface area contributed by atoms with Crippen LogP contribution >= 0.6 is 34.8 Å². The van der Waals surface area contributed by atoms with E-state index in [9.17, 15) is 17.6 Å². The molecule has 0 saturated carbocycles. The van der Waals surface area contributed by atoms with Crippen molar-refractivity contribution in [3.8, 4) is 39.7 Å². The van der Waals surface area contributed by atoms with E-state index in [0.29, 0.717) is 33.2 Å². The number of ether oxygens (including phenoxy) is 2. The third-order valence-electron chi connectivity index (χ3n) is 4.67. The zero-order valence-corrected chi connectivity index (χ0v) is 19.1.